The standard InChI is InChI=1S/C14H19N3.ClH/c1-10-2-3-12-13(8-10)17-14(16-12)9-11-4-6-15-7-5-11;/h2-3,8,11,15H,4-7,9H2,1H3,(H,16,17);1H. The molecule has 0 amide bonds. The van der Waals surface area contributed by atoms with Crippen LogP contribution in [0.2, 0.25) is 0 Å². The van der Waals surface area contributed by atoms with Gasteiger partial charge >= 0.3 is 0 Å². The summed E-state index contributed by atoms with van der Waals surface area (Å²) >= 11 is 0. The number of aryl methyl sites for hydroxylation is 1. The molecule has 18 heavy (non-hydrogen) atoms. The van der Waals surface area contributed by atoms with E-state index in [1.165, 1.54) is 23.9 Å². The van der Waals surface area contributed by atoms with Crippen LogP contribution in [0, 0.1) is 12.8 Å². The molecule has 0 saturated carbocycles. The fraction of sp³-hybridized carbons (Fsp3) is 0.500. The first-order valence-corrected chi connectivity index (χ1v) is 6.47. The molecule has 0 atom stereocenters. The average molecular weight is 266 g/mol. The van der Waals surface area contributed by atoms with Crippen molar-refractivity contribution in [2.75, 3.05) is 13.1 Å². The summed E-state index contributed by atoms with van der Waals surface area (Å²) in [5, 5.41) is 3.40. The van der Waals surface area contributed by atoms with Gasteiger partial charge in [-0.2, -0.15) is 0 Å². The van der Waals surface area contributed by atoms with E-state index in [4.69, 9.17) is 0 Å². The number of benzene rings is 1. The van der Waals surface area contributed by atoms with E-state index in [2.05, 4.69) is 40.4 Å². The Bertz CT molecular complexity index is 515. The molecule has 0 aliphatic carbocycles. The highest BCUT2D eigenvalue weighted by atomic mass is 35.5. The molecule has 1 aliphatic rings. The Morgan fingerprint density at radius 1 is 1.28 bits per heavy atom. The highest BCUT2D eigenvalue weighted by Gasteiger charge is 2.15. The maximum Gasteiger partial charge on any atom is 0.107 e. The number of rotatable bonds is 2. The van der Waals surface area contributed by atoms with Crippen LogP contribution < -0.4 is 5.32 Å². The molecule has 1 fully saturated rings. The lowest BCUT2D eigenvalue weighted by molar-refractivity contribution is 0.368. The van der Waals surface area contributed by atoms with Gasteiger partial charge in [-0.05, 0) is 56.5 Å². The van der Waals surface area contributed by atoms with E-state index in [9.17, 15) is 0 Å². The number of nitrogens with zero attached hydrogens (tertiary/aromatic N) is 1. The van der Waals surface area contributed by atoms with Gasteiger partial charge in [-0.15, -0.1) is 12.4 Å². The van der Waals surface area contributed by atoms with Crippen LogP contribution in [-0.4, -0.2) is 23.1 Å². The van der Waals surface area contributed by atoms with Crippen molar-refractivity contribution in [1.29, 1.82) is 0 Å². The molecule has 2 heterocycles. The minimum atomic E-state index is 0. The molecule has 1 saturated heterocycles. The SMILES string of the molecule is Cc1ccc2nc(CC3CCNCC3)[nH]c2c1.Cl. The number of fused-ring (bicyclic) bond motifs is 1. The number of hydrogen-bond acceptors (Lipinski definition) is 2. The first kappa shape index (κ1) is 13.4. The summed E-state index contributed by atoms with van der Waals surface area (Å²) in [4.78, 5) is 8.12. The number of hydrogen-bond donors (Lipinski definition) is 2. The second-order valence-electron chi connectivity index (χ2n) is 5.10. The zero-order valence-electron chi connectivity index (χ0n) is 10.7. The van der Waals surface area contributed by atoms with Crippen LogP contribution in [0.15, 0.2) is 18.2 Å². The van der Waals surface area contributed by atoms with Crippen molar-refractivity contribution in [3.05, 3.63) is 29.6 Å². The van der Waals surface area contributed by atoms with Crippen LogP contribution in [0.3, 0.4) is 0 Å². The van der Waals surface area contributed by atoms with Crippen molar-refractivity contribution in [2.45, 2.75) is 26.2 Å². The van der Waals surface area contributed by atoms with Crippen LogP contribution in [0.1, 0.15) is 24.2 Å². The van der Waals surface area contributed by atoms with Crippen LogP contribution in [-0.2, 0) is 6.42 Å². The van der Waals surface area contributed by atoms with Gasteiger partial charge in [-0.1, -0.05) is 6.07 Å². The maximum atomic E-state index is 4.67. The molecule has 3 nitrogen and oxygen atoms in total. The topological polar surface area (TPSA) is 40.7 Å². The van der Waals surface area contributed by atoms with Gasteiger partial charge < -0.3 is 10.3 Å². The molecule has 2 aromatic rings. The number of aromatic nitrogens is 2. The van der Waals surface area contributed by atoms with Crippen LogP contribution in [0.25, 0.3) is 11.0 Å². The quantitative estimate of drug-likeness (QED) is 0.877. The lowest BCUT2D eigenvalue weighted by atomic mass is 9.94. The Morgan fingerprint density at radius 2 is 2.06 bits per heavy atom. The number of imidazole rings is 1. The summed E-state index contributed by atoms with van der Waals surface area (Å²) in [5.41, 5.74) is 3.56. The van der Waals surface area contributed by atoms with E-state index >= 15 is 0 Å². The molecule has 3 rings (SSSR count). The smallest absolute Gasteiger partial charge is 0.107 e. The highest BCUT2D eigenvalue weighted by molar-refractivity contribution is 5.85. The summed E-state index contributed by atoms with van der Waals surface area (Å²) in [6, 6.07) is 6.40. The molecule has 4 heteroatoms. The van der Waals surface area contributed by atoms with Crippen molar-refractivity contribution in [2.24, 2.45) is 5.92 Å². The predicted molar refractivity (Wildman–Crippen MR) is 77.4 cm³/mol. The van der Waals surface area contributed by atoms with E-state index in [1.807, 2.05) is 0 Å². The predicted octanol–water partition coefficient (Wildman–Crippen LogP) is 2.84. The van der Waals surface area contributed by atoms with Crippen molar-refractivity contribution in [1.82, 2.24) is 15.3 Å². The first-order valence-electron chi connectivity index (χ1n) is 6.47. The summed E-state index contributed by atoms with van der Waals surface area (Å²) in [6.45, 7) is 4.43. The maximum absolute atomic E-state index is 4.67. The molecular formula is C14H20ClN3. The number of piperidine rings is 1. The summed E-state index contributed by atoms with van der Waals surface area (Å²) in [5.74, 6) is 1.94. The van der Waals surface area contributed by atoms with Crippen LogP contribution in [0.4, 0.5) is 0 Å². The Hall–Kier alpha value is -1.06. The van der Waals surface area contributed by atoms with Gasteiger partial charge in [0.1, 0.15) is 5.82 Å². The van der Waals surface area contributed by atoms with Gasteiger partial charge in [0.15, 0.2) is 0 Å². The second kappa shape index (κ2) is 5.72. The minimum absolute atomic E-state index is 0. The third-order valence-corrected chi connectivity index (χ3v) is 3.63. The number of halogens is 1. The molecule has 1 aromatic heterocycles. The van der Waals surface area contributed by atoms with Gasteiger partial charge in [-0.25, -0.2) is 4.98 Å². The van der Waals surface area contributed by atoms with Crippen molar-refractivity contribution in [3.63, 3.8) is 0 Å². The van der Waals surface area contributed by atoms with E-state index in [-0.39, 0.29) is 12.4 Å². The Labute approximate surface area is 114 Å². The van der Waals surface area contributed by atoms with Gasteiger partial charge in [0.25, 0.3) is 0 Å². The lowest BCUT2D eigenvalue weighted by Gasteiger charge is -2.21. The molecule has 0 radical (unpaired) electrons. The van der Waals surface area contributed by atoms with Crippen LogP contribution in [0.5, 0.6) is 0 Å². The van der Waals surface area contributed by atoms with Crippen LogP contribution >= 0.6 is 12.4 Å². The minimum Gasteiger partial charge on any atom is -0.342 e. The summed E-state index contributed by atoms with van der Waals surface area (Å²) in [7, 11) is 0. The zero-order chi connectivity index (χ0) is 11.7. The average Bonchev–Trinajstić information content (AvgIpc) is 2.71. The summed E-state index contributed by atoms with van der Waals surface area (Å²) < 4.78 is 0. The molecule has 0 unspecified atom stereocenters. The van der Waals surface area contributed by atoms with Gasteiger partial charge in [-0.3, -0.25) is 0 Å². The summed E-state index contributed by atoms with van der Waals surface area (Å²) in [6.07, 6.45) is 3.64. The molecule has 2 N–H and O–H groups in total. The van der Waals surface area contributed by atoms with E-state index in [0.29, 0.717) is 0 Å². The van der Waals surface area contributed by atoms with Gasteiger partial charge in [0, 0.05) is 6.42 Å². The van der Waals surface area contributed by atoms with E-state index in [0.717, 1.165) is 36.8 Å². The normalized spacial score (nSPS) is 16.7. The largest absolute Gasteiger partial charge is 0.342 e. The van der Waals surface area contributed by atoms with Gasteiger partial charge in [0.2, 0.25) is 0 Å². The lowest BCUT2D eigenvalue weighted by Crippen LogP contribution is -2.28. The molecule has 0 spiro atoms. The molecule has 98 valence electrons. The zero-order valence-corrected chi connectivity index (χ0v) is 11.5. The van der Waals surface area contributed by atoms with E-state index in [1.54, 1.807) is 0 Å². The highest BCUT2D eigenvalue weighted by Crippen LogP contribution is 2.19. The Morgan fingerprint density at radius 3 is 2.83 bits per heavy atom. The second-order valence-corrected chi connectivity index (χ2v) is 5.10. The third-order valence-electron chi connectivity index (χ3n) is 3.63. The monoisotopic (exact) mass is 265 g/mol. The fourth-order valence-electron chi connectivity index (χ4n) is 2.63. The number of aromatic amines is 1. The van der Waals surface area contributed by atoms with Gasteiger partial charge in [0.05, 0.1) is 11.0 Å². The van der Waals surface area contributed by atoms with E-state index < -0.39 is 0 Å². The molecule has 0 bridgehead atoms. The molecular weight excluding hydrogens is 246 g/mol. The Kier molecular flexibility index (Phi) is 4.25. The van der Waals surface area contributed by atoms with Crippen molar-refractivity contribution >= 4 is 23.4 Å². The first-order chi connectivity index (χ1) is 8.31. The van der Waals surface area contributed by atoms with Crippen molar-refractivity contribution in [3.8, 4) is 0 Å². The van der Waals surface area contributed by atoms with Crippen molar-refractivity contribution < 1.29 is 0 Å². The molecule has 1 aromatic carbocycles. The molecule has 1 aliphatic heterocycles. The fourth-order valence-corrected chi connectivity index (χ4v) is 2.63. The number of H-pyrrole nitrogens is 1. The Balaban J connectivity index is 0.00000120. The number of nitrogens with one attached hydrogen (secondary N) is 2. The third kappa shape index (κ3) is 2.85.